The third-order valence-electron chi connectivity index (χ3n) is 2.91. The summed E-state index contributed by atoms with van der Waals surface area (Å²) in [6.45, 7) is 7.21. The quantitative estimate of drug-likeness (QED) is 0.772. The molecule has 1 amide bonds. The lowest BCUT2D eigenvalue weighted by Gasteiger charge is -2.21. The Morgan fingerprint density at radius 1 is 1.47 bits per heavy atom. The SMILES string of the molecule is C[C@@H](C=C1CCC[C@H]1C(=O)O)NC(=O)OC(C)(C)C. The van der Waals surface area contributed by atoms with Gasteiger partial charge in [-0.25, -0.2) is 4.79 Å². The van der Waals surface area contributed by atoms with Crippen molar-refractivity contribution in [1.29, 1.82) is 0 Å². The molecule has 2 atom stereocenters. The third-order valence-corrected chi connectivity index (χ3v) is 2.91. The molecule has 1 rings (SSSR count). The van der Waals surface area contributed by atoms with Crippen LogP contribution in [0.3, 0.4) is 0 Å². The Bertz CT molecular complexity index is 381. The molecule has 0 spiro atoms. The molecule has 19 heavy (non-hydrogen) atoms. The first-order chi connectivity index (χ1) is 8.69. The number of carbonyl (C=O) groups excluding carboxylic acids is 1. The summed E-state index contributed by atoms with van der Waals surface area (Å²) in [5, 5.41) is 11.8. The Morgan fingerprint density at radius 2 is 2.11 bits per heavy atom. The molecule has 0 aromatic rings. The summed E-state index contributed by atoms with van der Waals surface area (Å²) in [7, 11) is 0. The van der Waals surface area contributed by atoms with Crippen molar-refractivity contribution in [1.82, 2.24) is 5.32 Å². The molecule has 5 heteroatoms. The van der Waals surface area contributed by atoms with Gasteiger partial charge in [0.05, 0.1) is 5.92 Å². The minimum absolute atomic E-state index is 0.232. The Morgan fingerprint density at radius 3 is 2.63 bits per heavy atom. The number of aliphatic carboxylic acids is 1. The Labute approximate surface area is 114 Å². The zero-order valence-electron chi connectivity index (χ0n) is 12.0. The van der Waals surface area contributed by atoms with Crippen LogP contribution < -0.4 is 5.32 Å². The highest BCUT2D eigenvalue weighted by molar-refractivity contribution is 5.74. The van der Waals surface area contributed by atoms with Gasteiger partial charge in [-0.2, -0.15) is 0 Å². The van der Waals surface area contributed by atoms with Crippen molar-refractivity contribution in [3.63, 3.8) is 0 Å². The third kappa shape index (κ3) is 5.32. The van der Waals surface area contributed by atoms with Gasteiger partial charge in [-0.1, -0.05) is 11.6 Å². The summed E-state index contributed by atoms with van der Waals surface area (Å²) in [5.74, 6) is -1.18. The van der Waals surface area contributed by atoms with Crippen molar-refractivity contribution in [2.24, 2.45) is 5.92 Å². The second kappa shape index (κ2) is 6.08. The number of hydrogen-bond donors (Lipinski definition) is 2. The fraction of sp³-hybridized carbons (Fsp3) is 0.714. The molecule has 2 N–H and O–H groups in total. The molecule has 108 valence electrons. The molecule has 0 aromatic heterocycles. The Hall–Kier alpha value is -1.52. The number of hydrogen-bond acceptors (Lipinski definition) is 3. The Kier molecular flexibility index (Phi) is 4.97. The van der Waals surface area contributed by atoms with Gasteiger partial charge in [-0.3, -0.25) is 4.79 Å². The highest BCUT2D eigenvalue weighted by atomic mass is 16.6. The molecule has 1 fully saturated rings. The topological polar surface area (TPSA) is 75.6 Å². The lowest BCUT2D eigenvalue weighted by atomic mass is 10.0. The summed E-state index contributed by atoms with van der Waals surface area (Å²) >= 11 is 0. The van der Waals surface area contributed by atoms with Crippen LogP contribution in [0.2, 0.25) is 0 Å². The van der Waals surface area contributed by atoms with Crippen LogP contribution in [0.5, 0.6) is 0 Å². The van der Waals surface area contributed by atoms with E-state index >= 15 is 0 Å². The fourth-order valence-corrected chi connectivity index (χ4v) is 2.21. The van der Waals surface area contributed by atoms with Crippen molar-refractivity contribution in [3.8, 4) is 0 Å². The first kappa shape index (κ1) is 15.5. The van der Waals surface area contributed by atoms with E-state index in [1.807, 2.05) is 13.0 Å². The standard InChI is InChI=1S/C14H23NO4/c1-9(15-13(18)19-14(2,3)4)8-10-6-5-7-11(10)12(16)17/h8-9,11H,5-7H2,1-4H3,(H,15,18)(H,16,17)/t9-,11+/m0/s1. The number of carboxylic acid groups (broad SMARTS) is 1. The number of nitrogens with one attached hydrogen (secondary N) is 1. The average molecular weight is 269 g/mol. The summed E-state index contributed by atoms with van der Waals surface area (Å²) in [6.07, 6.45) is 3.71. The van der Waals surface area contributed by atoms with Gasteiger partial charge < -0.3 is 15.2 Å². The van der Waals surface area contributed by atoms with E-state index < -0.39 is 23.6 Å². The van der Waals surface area contributed by atoms with Crippen LogP contribution in [0, 0.1) is 5.92 Å². The second-order valence-corrected chi connectivity index (χ2v) is 5.96. The van der Waals surface area contributed by atoms with Crippen LogP contribution in [0.1, 0.15) is 47.0 Å². The van der Waals surface area contributed by atoms with Gasteiger partial charge in [0.15, 0.2) is 0 Å². The van der Waals surface area contributed by atoms with Crippen LogP contribution in [-0.2, 0) is 9.53 Å². The van der Waals surface area contributed by atoms with Crippen molar-refractivity contribution in [2.75, 3.05) is 0 Å². The number of carbonyl (C=O) groups is 2. The van der Waals surface area contributed by atoms with Gasteiger partial charge in [0.25, 0.3) is 0 Å². The molecule has 0 radical (unpaired) electrons. The summed E-state index contributed by atoms with van der Waals surface area (Å²) in [6, 6.07) is -0.232. The highest BCUT2D eigenvalue weighted by Crippen LogP contribution is 2.31. The van der Waals surface area contributed by atoms with E-state index in [1.54, 1.807) is 20.8 Å². The normalized spacial score (nSPS) is 23.2. The molecule has 0 heterocycles. The predicted molar refractivity (Wildman–Crippen MR) is 71.9 cm³/mol. The van der Waals surface area contributed by atoms with E-state index in [4.69, 9.17) is 9.84 Å². The molecule has 1 saturated carbocycles. The van der Waals surface area contributed by atoms with Gasteiger partial charge in [0.1, 0.15) is 5.60 Å². The van der Waals surface area contributed by atoms with E-state index in [-0.39, 0.29) is 6.04 Å². The molecule has 0 unspecified atom stereocenters. The van der Waals surface area contributed by atoms with Crippen molar-refractivity contribution in [3.05, 3.63) is 11.6 Å². The number of rotatable bonds is 3. The molecular weight excluding hydrogens is 246 g/mol. The number of ether oxygens (including phenoxy) is 1. The van der Waals surface area contributed by atoms with Gasteiger partial charge in [0.2, 0.25) is 0 Å². The molecule has 0 saturated heterocycles. The average Bonchev–Trinajstić information content (AvgIpc) is 2.61. The van der Waals surface area contributed by atoms with Crippen LogP contribution in [0.25, 0.3) is 0 Å². The number of carboxylic acids is 1. The van der Waals surface area contributed by atoms with Crippen LogP contribution in [0.4, 0.5) is 4.79 Å². The zero-order valence-corrected chi connectivity index (χ0v) is 12.0. The lowest BCUT2D eigenvalue weighted by molar-refractivity contribution is -0.140. The molecule has 1 aliphatic carbocycles. The van der Waals surface area contributed by atoms with Crippen LogP contribution in [0.15, 0.2) is 11.6 Å². The molecule has 5 nitrogen and oxygen atoms in total. The predicted octanol–water partition coefficient (Wildman–Crippen LogP) is 2.71. The van der Waals surface area contributed by atoms with E-state index in [0.717, 1.165) is 18.4 Å². The largest absolute Gasteiger partial charge is 0.481 e. The minimum atomic E-state index is -0.784. The second-order valence-electron chi connectivity index (χ2n) is 5.96. The fourth-order valence-electron chi connectivity index (χ4n) is 2.21. The maximum absolute atomic E-state index is 11.6. The monoisotopic (exact) mass is 269 g/mol. The van der Waals surface area contributed by atoms with Crippen molar-refractivity contribution >= 4 is 12.1 Å². The van der Waals surface area contributed by atoms with Gasteiger partial charge >= 0.3 is 12.1 Å². The van der Waals surface area contributed by atoms with Gasteiger partial charge in [-0.05, 0) is 47.0 Å². The first-order valence-corrected chi connectivity index (χ1v) is 6.62. The maximum atomic E-state index is 11.6. The van der Waals surface area contributed by atoms with Gasteiger partial charge in [0, 0.05) is 6.04 Å². The van der Waals surface area contributed by atoms with Crippen molar-refractivity contribution in [2.45, 2.75) is 58.6 Å². The molecular formula is C14H23NO4. The van der Waals surface area contributed by atoms with E-state index in [9.17, 15) is 9.59 Å². The minimum Gasteiger partial charge on any atom is -0.481 e. The van der Waals surface area contributed by atoms with Crippen molar-refractivity contribution < 1.29 is 19.4 Å². The molecule has 1 aliphatic rings. The molecule has 0 aromatic carbocycles. The van der Waals surface area contributed by atoms with E-state index in [0.29, 0.717) is 6.42 Å². The highest BCUT2D eigenvalue weighted by Gasteiger charge is 2.27. The maximum Gasteiger partial charge on any atom is 0.408 e. The lowest BCUT2D eigenvalue weighted by Crippen LogP contribution is -2.37. The number of alkyl carbamates (subject to hydrolysis) is 1. The smallest absolute Gasteiger partial charge is 0.408 e. The summed E-state index contributed by atoms with van der Waals surface area (Å²) in [5.41, 5.74) is 0.365. The van der Waals surface area contributed by atoms with Gasteiger partial charge in [-0.15, -0.1) is 0 Å². The summed E-state index contributed by atoms with van der Waals surface area (Å²) in [4.78, 5) is 22.6. The molecule has 0 aliphatic heterocycles. The first-order valence-electron chi connectivity index (χ1n) is 6.62. The zero-order chi connectivity index (χ0) is 14.6. The van der Waals surface area contributed by atoms with E-state index in [2.05, 4.69) is 5.32 Å². The summed E-state index contributed by atoms with van der Waals surface area (Å²) < 4.78 is 5.15. The van der Waals surface area contributed by atoms with E-state index in [1.165, 1.54) is 0 Å². The molecule has 0 bridgehead atoms. The number of amides is 1. The van der Waals surface area contributed by atoms with Crippen LogP contribution >= 0.6 is 0 Å². The Balaban J connectivity index is 2.57. The van der Waals surface area contributed by atoms with Crippen LogP contribution in [-0.4, -0.2) is 28.8 Å².